The Morgan fingerprint density at radius 3 is 2.61 bits per heavy atom. The summed E-state index contributed by atoms with van der Waals surface area (Å²) in [5, 5.41) is 0. The van der Waals surface area contributed by atoms with Gasteiger partial charge in [0, 0.05) is 20.2 Å². The first-order chi connectivity index (χ1) is 13.6. The van der Waals surface area contributed by atoms with Gasteiger partial charge in [-0.1, -0.05) is 18.2 Å². The van der Waals surface area contributed by atoms with E-state index in [1.807, 2.05) is 36.4 Å². The summed E-state index contributed by atoms with van der Waals surface area (Å²) < 4.78 is 22.1. The van der Waals surface area contributed by atoms with E-state index >= 15 is 0 Å². The molecule has 6 nitrogen and oxygen atoms in total. The molecule has 1 atom stereocenters. The minimum absolute atomic E-state index is 0.0993. The number of para-hydroxylation sites is 1. The summed E-state index contributed by atoms with van der Waals surface area (Å²) in [6, 6.07) is 13.0. The van der Waals surface area contributed by atoms with Crippen LogP contribution in [0.5, 0.6) is 17.2 Å². The van der Waals surface area contributed by atoms with Crippen molar-refractivity contribution in [1.29, 1.82) is 0 Å². The lowest BCUT2D eigenvalue weighted by Crippen LogP contribution is -2.27. The highest BCUT2D eigenvalue weighted by molar-refractivity contribution is 5.96. The lowest BCUT2D eigenvalue weighted by Gasteiger charge is -2.20. The molecular formula is C22H27NO5. The summed E-state index contributed by atoms with van der Waals surface area (Å²) in [5.41, 5.74) is 1.50. The lowest BCUT2D eigenvalue weighted by atomic mass is 10.1. The number of carbonyl (C=O) groups excluding carboxylic acids is 1. The number of hydrogen-bond acceptors (Lipinski definition) is 5. The Bertz CT molecular complexity index is 801. The van der Waals surface area contributed by atoms with Gasteiger partial charge >= 0.3 is 0 Å². The van der Waals surface area contributed by atoms with Crippen LogP contribution in [0.2, 0.25) is 0 Å². The van der Waals surface area contributed by atoms with E-state index < -0.39 is 0 Å². The second kappa shape index (κ2) is 9.46. The SMILES string of the molecule is COc1ccc(CN(C)C(=O)c2ccccc2OCC2CCCO2)cc1OC. The summed E-state index contributed by atoms with van der Waals surface area (Å²) in [5.74, 6) is 1.79. The van der Waals surface area contributed by atoms with Crippen molar-refractivity contribution in [1.82, 2.24) is 4.90 Å². The van der Waals surface area contributed by atoms with Gasteiger partial charge in [0.15, 0.2) is 11.5 Å². The van der Waals surface area contributed by atoms with Crippen molar-refractivity contribution in [2.75, 3.05) is 34.5 Å². The molecule has 0 N–H and O–H groups in total. The summed E-state index contributed by atoms with van der Waals surface area (Å²) in [4.78, 5) is 14.7. The summed E-state index contributed by atoms with van der Waals surface area (Å²) in [7, 11) is 4.97. The fraction of sp³-hybridized carbons (Fsp3) is 0.409. The molecule has 1 aliphatic rings. The van der Waals surface area contributed by atoms with Crippen molar-refractivity contribution < 1.29 is 23.7 Å². The van der Waals surface area contributed by atoms with E-state index in [2.05, 4.69) is 0 Å². The standard InChI is InChI=1S/C22H27NO5/c1-23(14-16-10-11-20(25-2)21(13-16)26-3)22(24)18-8-4-5-9-19(18)28-15-17-7-6-12-27-17/h4-5,8-11,13,17H,6-7,12,14-15H2,1-3H3. The zero-order valence-corrected chi connectivity index (χ0v) is 16.6. The molecule has 1 saturated heterocycles. The number of hydrogen-bond donors (Lipinski definition) is 0. The third kappa shape index (κ3) is 4.75. The zero-order valence-electron chi connectivity index (χ0n) is 16.6. The normalized spacial score (nSPS) is 15.9. The summed E-state index contributed by atoms with van der Waals surface area (Å²) >= 11 is 0. The fourth-order valence-corrected chi connectivity index (χ4v) is 3.26. The first-order valence-electron chi connectivity index (χ1n) is 9.42. The number of nitrogens with zero attached hydrogens (tertiary/aromatic N) is 1. The number of benzene rings is 2. The van der Waals surface area contributed by atoms with E-state index in [1.54, 1.807) is 32.2 Å². The largest absolute Gasteiger partial charge is 0.493 e. The molecule has 1 unspecified atom stereocenters. The minimum Gasteiger partial charge on any atom is -0.493 e. The molecule has 1 aliphatic heterocycles. The van der Waals surface area contributed by atoms with Crippen LogP contribution in [0, 0.1) is 0 Å². The molecule has 0 spiro atoms. The maximum Gasteiger partial charge on any atom is 0.257 e. The van der Waals surface area contributed by atoms with Gasteiger partial charge < -0.3 is 23.8 Å². The molecule has 1 fully saturated rings. The second-order valence-corrected chi connectivity index (χ2v) is 6.79. The molecule has 3 rings (SSSR count). The molecule has 150 valence electrons. The van der Waals surface area contributed by atoms with Crippen molar-refractivity contribution in [3.8, 4) is 17.2 Å². The Hall–Kier alpha value is -2.73. The van der Waals surface area contributed by atoms with Crippen LogP contribution in [0.25, 0.3) is 0 Å². The van der Waals surface area contributed by atoms with E-state index in [9.17, 15) is 4.79 Å². The van der Waals surface area contributed by atoms with E-state index in [-0.39, 0.29) is 12.0 Å². The van der Waals surface area contributed by atoms with Gasteiger partial charge in [-0.25, -0.2) is 0 Å². The molecule has 2 aromatic carbocycles. The lowest BCUT2D eigenvalue weighted by molar-refractivity contribution is 0.0656. The molecule has 0 aliphatic carbocycles. The van der Waals surface area contributed by atoms with Gasteiger partial charge in [0.05, 0.1) is 25.9 Å². The maximum absolute atomic E-state index is 13.0. The number of ether oxygens (including phenoxy) is 4. The topological polar surface area (TPSA) is 57.2 Å². The molecule has 2 aromatic rings. The predicted octanol–water partition coefficient (Wildman–Crippen LogP) is 3.53. The maximum atomic E-state index is 13.0. The predicted molar refractivity (Wildman–Crippen MR) is 106 cm³/mol. The molecule has 28 heavy (non-hydrogen) atoms. The summed E-state index contributed by atoms with van der Waals surface area (Å²) in [6.07, 6.45) is 2.16. The number of carbonyl (C=O) groups is 1. The van der Waals surface area contributed by atoms with Crippen molar-refractivity contribution in [2.45, 2.75) is 25.5 Å². The van der Waals surface area contributed by atoms with Crippen molar-refractivity contribution in [2.24, 2.45) is 0 Å². The molecule has 0 saturated carbocycles. The summed E-state index contributed by atoms with van der Waals surface area (Å²) in [6.45, 7) is 1.69. The van der Waals surface area contributed by atoms with Crippen LogP contribution in [0.15, 0.2) is 42.5 Å². The fourth-order valence-electron chi connectivity index (χ4n) is 3.26. The highest BCUT2D eigenvalue weighted by atomic mass is 16.5. The number of rotatable bonds is 8. The minimum atomic E-state index is -0.0993. The van der Waals surface area contributed by atoms with Crippen LogP contribution in [-0.2, 0) is 11.3 Å². The number of methoxy groups -OCH3 is 2. The van der Waals surface area contributed by atoms with Gasteiger partial charge in [0.25, 0.3) is 5.91 Å². The van der Waals surface area contributed by atoms with Gasteiger partial charge in [0.1, 0.15) is 12.4 Å². The monoisotopic (exact) mass is 385 g/mol. The van der Waals surface area contributed by atoms with Crippen LogP contribution in [-0.4, -0.2) is 51.4 Å². The molecule has 0 aromatic heterocycles. The van der Waals surface area contributed by atoms with Gasteiger partial charge in [-0.05, 0) is 42.7 Å². The average molecular weight is 385 g/mol. The van der Waals surface area contributed by atoms with E-state index in [0.717, 1.165) is 25.0 Å². The van der Waals surface area contributed by atoms with Crippen LogP contribution in [0.1, 0.15) is 28.8 Å². The highest BCUT2D eigenvalue weighted by Crippen LogP contribution is 2.28. The third-order valence-corrected chi connectivity index (χ3v) is 4.78. The molecule has 6 heteroatoms. The molecule has 1 heterocycles. The highest BCUT2D eigenvalue weighted by Gasteiger charge is 2.20. The van der Waals surface area contributed by atoms with Crippen LogP contribution in [0.4, 0.5) is 0 Å². The first-order valence-corrected chi connectivity index (χ1v) is 9.42. The van der Waals surface area contributed by atoms with Crippen LogP contribution < -0.4 is 14.2 Å². The van der Waals surface area contributed by atoms with Crippen molar-refractivity contribution >= 4 is 5.91 Å². The Balaban J connectivity index is 1.69. The van der Waals surface area contributed by atoms with E-state index in [0.29, 0.717) is 36.0 Å². The molecule has 1 amide bonds. The molecular weight excluding hydrogens is 358 g/mol. The van der Waals surface area contributed by atoms with Gasteiger partial charge in [0.2, 0.25) is 0 Å². The molecule has 0 bridgehead atoms. The van der Waals surface area contributed by atoms with Gasteiger partial charge in [-0.2, -0.15) is 0 Å². The first kappa shape index (κ1) is 20.0. The van der Waals surface area contributed by atoms with Crippen molar-refractivity contribution in [3.05, 3.63) is 53.6 Å². The Morgan fingerprint density at radius 1 is 1.11 bits per heavy atom. The Labute approximate surface area is 166 Å². The smallest absolute Gasteiger partial charge is 0.257 e. The molecule has 0 radical (unpaired) electrons. The number of amides is 1. The zero-order chi connectivity index (χ0) is 19.9. The van der Waals surface area contributed by atoms with Gasteiger partial charge in [-0.3, -0.25) is 4.79 Å². The van der Waals surface area contributed by atoms with Crippen molar-refractivity contribution in [3.63, 3.8) is 0 Å². The van der Waals surface area contributed by atoms with E-state index in [4.69, 9.17) is 18.9 Å². The third-order valence-electron chi connectivity index (χ3n) is 4.78. The van der Waals surface area contributed by atoms with Crippen LogP contribution in [0.3, 0.4) is 0 Å². The van der Waals surface area contributed by atoms with Gasteiger partial charge in [-0.15, -0.1) is 0 Å². The second-order valence-electron chi connectivity index (χ2n) is 6.79. The Kier molecular flexibility index (Phi) is 6.76. The quantitative estimate of drug-likeness (QED) is 0.696. The Morgan fingerprint density at radius 2 is 1.89 bits per heavy atom. The average Bonchev–Trinajstić information content (AvgIpc) is 3.25. The van der Waals surface area contributed by atoms with E-state index in [1.165, 1.54) is 0 Å². The van der Waals surface area contributed by atoms with Crippen LogP contribution >= 0.6 is 0 Å².